The number of H-pyrrole nitrogens is 1. The molecule has 2 N–H and O–H groups in total. The molecule has 10 heteroatoms. The van der Waals surface area contributed by atoms with Crippen molar-refractivity contribution in [3.63, 3.8) is 0 Å². The van der Waals surface area contributed by atoms with E-state index in [1.54, 1.807) is 12.3 Å². The second-order valence-electron chi connectivity index (χ2n) is 5.11. The summed E-state index contributed by atoms with van der Waals surface area (Å²) in [5.41, 5.74) is 0.899. The molecular formula is C16H17N3O6S. The zero-order valence-corrected chi connectivity index (χ0v) is 15.0. The van der Waals surface area contributed by atoms with Crippen molar-refractivity contribution in [1.82, 2.24) is 9.97 Å². The zero-order chi connectivity index (χ0) is 19.1. The Hall–Kier alpha value is -3.01. The average molecular weight is 379 g/mol. The Balaban J connectivity index is 1.81. The smallest absolute Gasteiger partial charge is 0.355 e. The van der Waals surface area contributed by atoms with E-state index in [0.717, 1.165) is 11.3 Å². The highest BCUT2D eigenvalue weighted by Gasteiger charge is 2.15. The van der Waals surface area contributed by atoms with Gasteiger partial charge in [0.1, 0.15) is 5.69 Å². The van der Waals surface area contributed by atoms with E-state index in [2.05, 4.69) is 15.3 Å². The van der Waals surface area contributed by atoms with Gasteiger partial charge in [0.25, 0.3) is 5.91 Å². The van der Waals surface area contributed by atoms with E-state index in [4.69, 9.17) is 9.47 Å². The third-order valence-corrected chi connectivity index (χ3v) is 3.88. The standard InChI is InChI=1S/C16H17N3O6S/c1-3-24-14(22)5-11-8-26-16(18-11)19-13(21)7-25-15(23)12-4-10(6-17-12)9(2)20/h4,6,8,17H,3,5,7H2,1-2H3,(H,18,19,21). The van der Waals surface area contributed by atoms with Crippen molar-refractivity contribution in [2.45, 2.75) is 20.3 Å². The summed E-state index contributed by atoms with van der Waals surface area (Å²) in [7, 11) is 0. The predicted molar refractivity (Wildman–Crippen MR) is 92.2 cm³/mol. The molecule has 2 heterocycles. The van der Waals surface area contributed by atoms with E-state index in [9.17, 15) is 19.2 Å². The number of amides is 1. The molecular weight excluding hydrogens is 362 g/mol. The fourth-order valence-electron chi connectivity index (χ4n) is 1.89. The van der Waals surface area contributed by atoms with Crippen molar-refractivity contribution in [1.29, 1.82) is 0 Å². The van der Waals surface area contributed by atoms with Crippen molar-refractivity contribution < 1.29 is 28.7 Å². The third kappa shape index (κ3) is 5.52. The van der Waals surface area contributed by atoms with Crippen molar-refractivity contribution in [2.75, 3.05) is 18.5 Å². The molecule has 1 amide bonds. The normalized spacial score (nSPS) is 10.2. The van der Waals surface area contributed by atoms with Crippen molar-refractivity contribution in [2.24, 2.45) is 0 Å². The van der Waals surface area contributed by atoms with Gasteiger partial charge >= 0.3 is 11.9 Å². The highest BCUT2D eigenvalue weighted by Crippen LogP contribution is 2.16. The number of rotatable bonds is 8. The molecule has 0 atom stereocenters. The van der Waals surface area contributed by atoms with E-state index in [-0.39, 0.29) is 29.6 Å². The first-order valence-corrected chi connectivity index (χ1v) is 8.53. The molecule has 0 radical (unpaired) electrons. The second-order valence-corrected chi connectivity index (χ2v) is 5.97. The van der Waals surface area contributed by atoms with Gasteiger partial charge < -0.3 is 14.5 Å². The number of ketones is 1. The first-order valence-electron chi connectivity index (χ1n) is 7.65. The molecule has 0 spiro atoms. The fourth-order valence-corrected chi connectivity index (χ4v) is 2.61. The molecule has 9 nitrogen and oxygen atoms in total. The maximum atomic E-state index is 11.8. The number of hydrogen-bond acceptors (Lipinski definition) is 8. The monoisotopic (exact) mass is 379 g/mol. The molecule has 26 heavy (non-hydrogen) atoms. The Morgan fingerprint density at radius 2 is 2.04 bits per heavy atom. The molecule has 2 rings (SSSR count). The van der Waals surface area contributed by atoms with Crippen LogP contribution < -0.4 is 5.32 Å². The van der Waals surface area contributed by atoms with Gasteiger partial charge in [-0.15, -0.1) is 11.3 Å². The highest BCUT2D eigenvalue weighted by atomic mass is 32.1. The summed E-state index contributed by atoms with van der Waals surface area (Å²) < 4.78 is 9.68. The van der Waals surface area contributed by atoms with Crippen LogP contribution in [0, 0.1) is 0 Å². The number of carbonyl (C=O) groups is 4. The SMILES string of the molecule is CCOC(=O)Cc1csc(NC(=O)COC(=O)c2cc(C(C)=O)c[nH]2)n1. The van der Waals surface area contributed by atoms with Gasteiger partial charge in [0.15, 0.2) is 17.5 Å². The molecule has 2 aromatic rings. The summed E-state index contributed by atoms with van der Waals surface area (Å²) in [6, 6.07) is 1.35. The molecule has 2 aromatic heterocycles. The van der Waals surface area contributed by atoms with Crippen LogP contribution >= 0.6 is 11.3 Å². The number of nitrogens with one attached hydrogen (secondary N) is 2. The summed E-state index contributed by atoms with van der Waals surface area (Å²) in [4.78, 5) is 52.9. The van der Waals surface area contributed by atoms with Gasteiger partial charge in [-0.3, -0.25) is 19.7 Å². The molecule has 0 bridgehead atoms. The van der Waals surface area contributed by atoms with Gasteiger partial charge in [0, 0.05) is 17.1 Å². The fraction of sp³-hybridized carbons (Fsp3) is 0.312. The number of anilines is 1. The number of ether oxygens (including phenoxy) is 2. The van der Waals surface area contributed by atoms with Gasteiger partial charge in [-0.2, -0.15) is 0 Å². The average Bonchev–Trinajstić information content (AvgIpc) is 3.22. The number of carbonyl (C=O) groups excluding carboxylic acids is 4. The lowest BCUT2D eigenvalue weighted by molar-refractivity contribution is -0.142. The van der Waals surface area contributed by atoms with E-state index in [1.165, 1.54) is 19.2 Å². The summed E-state index contributed by atoms with van der Waals surface area (Å²) in [5.74, 6) is -1.93. The molecule has 138 valence electrons. The Labute approximate surface area is 152 Å². The lowest BCUT2D eigenvalue weighted by Gasteiger charge is -2.03. The summed E-state index contributed by atoms with van der Waals surface area (Å²) in [5, 5.41) is 4.38. The quantitative estimate of drug-likeness (QED) is 0.526. The minimum atomic E-state index is -0.755. The summed E-state index contributed by atoms with van der Waals surface area (Å²) in [6.45, 7) is 2.85. The molecule has 0 aliphatic heterocycles. The van der Waals surface area contributed by atoms with E-state index in [0.29, 0.717) is 11.3 Å². The number of nitrogens with zero attached hydrogens (tertiary/aromatic N) is 1. The Morgan fingerprint density at radius 3 is 2.69 bits per heavy atom. The van der Waals surface area contributed by atoms with E-state index >= 15 is 0 Å². The number of Topliss-reactive ketones (excluding diaryl/α,β-unsaturated/α-hetero) is 1. The van der Waals surface area contributed by atoms with Gasteiger partial charge in [0.2, 0.25) is 0 Å². The van der Waals surface area contributed by atoms with Crippen LogP contribution in [0.25, 0.3) is 0 Å². The number of aromatic amines is 1. The zero-order valence-electron chi connectivity index (χ0n) is 14.2. The molecule has 0 aromatic carbocycles. The van der Waals surface area contributed by atoms with Gasteiger partial charge in [-0.05, 0) is 19.9 Å². The maximum absolute atomic E-state index is 11.8. The van der Waals surface area contributed by atoms with Crippen LogP contribution in [0.5, 0.6) is 0 Å². The van der Waals surface area contributed by atoms with E-state index < -0.39 is 24.5 Å². The van der Waals surface area contributed by atoms with Crippen LogP contribution in [-0.2, 0) is 25.5 Å². The van der Waals surface area contributed by atoms with E-state index in [1.807, 2.05) is 0 Å². The molecule has 0 unspecified atom stereocenters. The van der Waals surface area contributed by atoms with Crippen molar-refractivity contribution in [3.05, 3.63) is 34.6 Å². The topological polar surface area (TPSA) is 127 Å². The van der Waals surface area contributed by atoms with Crippen LogP contribution in [0.3, 0.4) is 0 Å². The van der Waals surface area contributed by atoms with Crippen LogP contribution in [0.15, 0.2) is 17.6 Å². The molecule has 0 saturated carbocycles. The minimum absolute atomic E-state index is 0.0144. The number of aromatic nitrogens is 2. The Bertz CT molecular complexity index is 826. The minimum Gasteiger partial charge on any atom is -0.466 e. The van der Waals surface area contributed by atoms with Gasteiger partial charge in [0.05, 0.1) is 18.7 Å². The molecule has 0 aliphatic rings. The number of thiazole rings is 1. The summed E-state index contributed by atoms with van der Waals surface area (Å²) in [6.07, 6.45) is 1.40. The largest absolute Gasteiger partial charge is 0.466 e. The van der Waals surface area contributed by atoms with Crippen LogP contribution in [0.2, 0.25) is 0 Å². The lowest BCUT2D eigenvalue weighted by atomic mass is 10.2. The van der Waals surface area contributed by atoms with Crippen LogP contribution in [-0.4, -0.2) is 46.8 Å². The first kappa shape index (κ1) is 19.3. The third-order valence-electron chi connectivity index (χ3n) is 3.07. The second kappa shape index (κ2) is 8.90. The van der Waals surface area contributed by atoms with Crippen molar-refractivity contribution in [3.8, 4) is 0 Å². The molecule has 0 saturated heterocycles. The number of esters is 2. The highest BCUT2D eigenvalue weighted by molar-refractivity contribution is 7.13. The van der Waals surface area contributed by atoms with Crippen molar-refractivity contribution >= 4 is 40.1 Å². The Morgan fingerprint density at radius 1 is 1.27 bits per heavy atom. The van der Waals surface area contributed by atoms with Crippen LogP contribution in [0.4, 0.5) is 5.13 Å². The number of hydrogen-bond donors (Lipinski definition) is 2. The maximum Gasteiger partial charge on any atom is 0.355 e. The lowest BCUT2D eigenvalue weighted by Crippen LogP contribution is -2.21. The van der Waals surface area contributed by atoms with Gasteiger partial charge in [-0.25, -0.2) is 9.78 Å². The first-order chi connectivity index (χ1) is 12.4. The molecule has 0 aliphatic carbocycles. The summed E-state index contributed by atoms with van der Waals surface area (Å²) >= 11 is 1.14. The van der Waals surface area contributed by atoms with Gasteiger partial charge in [-0.1, -0.05) is 0 Å². The van der Waals surface area contributed by atoms with Crippen LogP contribution in [0.1, 0.15) is 40.4 Å². The Kier molecular flexibility index (Phi) is 6.61. The molecule has 0 fully saturated rings. The predicted octanol–water partition coefficient (Wildman–Crippen LogP) is 1.57.